The van der Waals surface area contributed by atoms with Gasteiger partial charge >= 0.3 is 0 Å². The van der Waals surface area contributed by atoms with Crippen LogP contribution in [0.3, 0.4) is 0 Å². The summed E-state index contributed by atoms with van der Waals surface area (Å²) < 4.78 is 0. The molecule has 1 unspecified atom stereocenters. The molecular weight excluding hydrogens is 224 g/mol. The molecule has 2 rings (SSSR count). The summed E-state index contributed by atoms with van der Waals surface area (Å²) in [6, 6.07) is 9.08. The van der Waals surface area contributed by atoms with Crippen LogP contribution in [0.25, 0.3) is 0 Å². The minimum atomic E-state index is 0.0697. The van der Waals surface area contributed by atoms with E-state index in [1.54, 1.807) is 0 Å². The predicted octanol–water partition coefficient (Wildman–Crippen LogP) is 2.45. The van der Waals surface area contributed by atoms with Crippen molar-refractivity contribution in [3.05, 3.63) is 29.8 Å². The van der Waals surface area contributed by atoms with Crippen LogP contribution in [0.5, 0.6) is 0 Å². The van der Waals surface area contributed by atoms with Crippen molar-refractivity contribution in [1.29, 1.82) is 0 Å². The van der Waals surface area contributed by atoms with E-state index < -0.39 is 0 Å². The molecule has 18 heavy (non-hydrogen) atoms. The summed E-state index contributed by atoms with van der Waals surface area (Å²) in [6.07, 6.45) is 4.43. The average molecular weight is 248 g/mol. The Kier molecular flexibility index (Phi) is 4.61. The van der Waals surface area contributed by atoms with Crippen molar-refractivity contribution in [3.8, 4) is 0 Å². The number of rotatable bonds is 5. The predicted molar refractivity (Wildman–Crippen MR) is 75.7 cm³/mol. The van der Waals surface area contributed by atoms with Crippen molar-refractivity contribution in [2.75, 3.05) is 18.1 Å². The van der Waals surface area contributed by atoms with Gasteiger partial charge in [-0.2, -0.15) is 0 Å². The number of anilines is 1. The van der Waals surface area contributed by atoms with Crippen LogP contribution < -0.4 is 10.6 Å². The van der Waals surface area contributed by atoms with Gasteiger partial charge in [-0.3, -0.25) is 0 Å². The molecule has 1 heterocycles. The number of para-hydroxylation sites is 1. The molecule has 100 valence electrons. The SMILES string of the molecule is C[C@H](N)c1ccccc1N1CCCC1CCCO. The molecule has 1 aromatic rings. The van der Waals surface area contributed by atoms with Crippen LogP contribution in [0.15, 0.2) is 24.3 Å². The summed E-state index contributed by atoms with van der Waals surface area (Å²) in [5.74, 6) is 0. The summed E-state index contributed by atoms with van der Waals surface area (Å²) in [6.45, 7) is 3.44. The van der Waals surface area contributed by atoms with Crippen molar-refractivity contribution in [2.24, 2.45) is 5.73 Å². The maximum Gasteiger partial charge on any atom is 0.0431 e. The van der Waals surface area contributed by atoms with Crippen molar-refractivity contribution in [1.82, 2.24) is 0 Å². The molecule has 1 aliphatic rings. The zero-order valence-corrected chi connectivity index (χ0v) is 11.2. The van der Waals surface area contributed by atoms with Crippen LogP contribution >= 0.6 is 0 Å². The Balaban J connectivity index is 2.19. The third kappa shape index (κ3) is 2.85. The molecule has 0 amide bonds. The first kappa shape index (κ1) is 13.4. The number of aliphatic hydroxyl groups is 1. The molecule has 1 fully saturated rings. The van der Waals surface area contributed by atoms with Crippen LogP contribution in [0.4, 0.5) is 5.69 Å². The number of nitrogens with two attached hydrogens (primary N) is 1. The summed E-state index contributed by atoms with van der Waals surface area (Å²) in [7, 11) is 0. The van der Waals surface area contributed by atoms with E-state index in [4.69, 9.17) is 10.8 Å². The fourth-order valence-electron chi connectivity index (χ4n) is 2.91. The topological polar surface area (TPSA) is 49.5 Å². The molecule has 3 heteroatoms. The first-order valence-electron chi connectivity index (χ1n) is 6.96. The molecule has 0 aromatic heterocycles. The van der Waals surface area contributed by atoms with Gasteiger partial charge in [0.15, 0.2) is 0 Å². The van der Waals surface area contributed by atoms with Crippen molar-refractivity contribution in [3.63, 3.8) is 0 Å². The van der Waals surface area contributed by atoms with E-state index in [-0.39, 0.29) is 6.04 Å². The molecule has 0 bridgehead atoms. The van der Waals surface area contributed by atoms with E-state index in [1.165, 1.54) is 24.1 Å². The van der Waals surface area contributed by atoms with E-state index in [0.717, 1.165) is 19.4 Å². The molecule has 3 N–H and O–H groups in total. The maximum atomic E-state index is 8.99. The minimum Gasteiger partial charge on any atom is -0.396 e. The van der Waals surface area contributed by atoms with Crippen LogP contribution in [-0.2, 0) is 0 Å². The normalized spacial score (nSPS) is 21.3. The maximum absolute atomic E-state index is 8.99. The van der Waals surface area contributed by atoms with Gasteiger partial charge in [-0.1, -0.05) is 18.2 Å². The zero-order valence-electron chi connectivity index (χ0n) is 11.2. The van der Waals surface area contributed by atoms with Gasteiger partial charge in [0, 0.05) is 30.9 Å². The minimum absolute atomic E-state index is 0.0697. The molecule has 0 saturated carbocycles. The van der Waals surface area contributed by atoms with Crippen LogP contribution in [-0.4, -0.2) is 24.3 Å². The van der Waals surface area contributed by atoms with Gasteiger partial charge in [0.1, 0.15) is 0 Å². The molecule has 1 saturated heterocycles. The van der Waals surface area contributed by atoms with E-state index in [0.29, 0.717) is 12.6 Å². The monoisotopic (exact) mass is 248 g/mol. The number of hydrogen-bond acceptors (Lipinski definition) is 3. The summed E-state index contributed by atoms with van der Waals surface area (Å²) in [4.78, 5) is 2.48. The van der Waals surface area contributed by atoms with Gasteiger partial charge < -0.3 is 15.7 Å². The van der Waals surface area contributed by atoms with Gasteiger partial charge in [0.25, 0.3) is 0 Å². The number of nitrogens with zero attached hydrogens (tertiary/aromatic N) is 1. The summed E-state index contributed by atoms with van der Waals surface area (Å²) >= 11 is 0. The van der Waals surface area contributed by atoms with E-state index >= 15 is 0 Å². The Labute approximate surface area is 110 Å². The average Bonchev–Trinajstić information content (AvgIpc) is 2.84. The zero-order chi connectivity index (χ0) is 13.0. The smallest absolute Gasteiger partial charge is 0.0431 e. The Morgan fingerprint density at radius 3 is 2.94 bits per heavy atom. The van der Waals surface area contributed by atoms with E-state index in [9.17, 15) is 0 Å². The molecule has 3 nitrogen and oxygen atoms in total. The number of hydrogen-bond donors (Lipinski definition) is 2. The first-order chi connectivity index (χ1) is 8.74. The Morgan fingerprint density at radius 2 is 2.22 bits per heavy atom. The lowest BCUT2D eigenvalue weighted by Gasteiger charge is -2.29. The summed E-state index contributed by atoms with van der Waals surface area (Å²) in [5.41, 5.74) is 8.58. The van der Waals surface area contributed by atoms with Gasteiger partial charge in [-0.15, -0.1) is 0 Å². The first-order valence-corrected chi connectivity index (χ1v) is 6.96. The van der Waals surface area contributed by atoms with E-state index in [2.05, 4.69) is 29.2 Å². The van der Waals surface area contributed by atoms with Crippen LogP contribution in [0, 0.1) is 0 Å². The molecule has 2 atom stereocenters. The highest BCUT2D eigenvalue weighted by molar-refractivity contribution is 5.56. The molecule has 0 aliphatic carbocycles. The van der Waals surface area contributed by atoms with Crippen molar-refractivity contribution in [2.45, 2.75) is 44.7 Å². The second-order valence-electron chi connectivity index (χ2n) is 5.20. The Hall–Kier alpha value is -1.06. The highest BCUT2D eigenvalue weighted by Crippen LogP contribution is 2.32. The van der Waals surface area contributed by atoms with Gasteiger partial charge in [-0.25, -0.2) is 0 Å². The molecule has 0 radical (unpaired) electrons. The number of benzene rings is 1. The largest absolute Gasteiger partial charge is 0.396 e. The Morgan fingerprint density at radius 1 is 1.44 bits per heavy atom. The van der Waals surface area contributed by atoms with Crippen molar-refractivity contribution >= 4 is 5.69 Å². The van der Waals surface area contributed by atoms with Crippen molar-refractivity contribution < 1.29 is 5.11 Å². The quantitative estimate of drug-likeness (QED) is 0.841. The van der Waals surface area contributed by atoms with Crippen LogP contribution in [0.2, 0.25) is 0 Å². The number of aliphatic hydroxyl groups excluding tert-OH is 1. The fourth-order valence-corrected chi connectivity index (χ4v) is 2.91. The lowest BCUT2D eigenvalue weighted by molar-refractivity contribution is 0.279. The second kappa shape index (κ2) is 6.21. The second-order valence-corrected chi connectivity index (χ2v) is 5.20. The highest BCUT2D eigenvalue weighted by Gasteiger charge is 2.26. The standard InChI is InChI=1S/C15H24N2O/c1-12(16)14-8-2-3-9-15(14)17-10-4-6-13(17)7-5-11-18/h2-3,8-9,12-13,18H,4-7,10-11,16H2,1H3/t12-,13?/m0/s1. The third-order valence-electron chi connectivity index (χ3n) is 3.81. The summed E-state index contributed by atoms with van der Waals surface area (Å²) in [5, 5.41) is 8.99. The van der Waals surface area contributed by atoms with Gasteiger partial charge in [-0.05, 0) is 44.2 Å². The lowest BCUT2D eigenvalue weighted by Crippen LogP contribution is -2.30. The highest BCUT2D eigenvalue weighted by atomic mass is 16.2. The van der Waals surface area contributed by atoms with Gasteiger partial charge in [0.05, 0.1) is 0 Å². The molecule has 1 aliphatic heterocycles. The lowest BCUT2D eigenvalue weighted by atomic mass is 10.0. The molecule has 0 spiro atoms. The van der Waals surface area contributed by atoms with E-state index in [1.807, 2.05) is 6.92 Å². The molecule has 1 aromatic carbocycles. The fraction of sp³-hybridized carbons (Fsp3) is 0.600. The molecular formula is C15H24N2O. The van der Waals surface area contributed by atoms with Crippen LogP contribution in [0.1, 0.15) is 44.2 Å². The van der Waals surface area contributed by atoms with Gasteiger partial charge in [0.2, 0.25) is 0 Å². The Bertz CT molecular complexity index is 379. The third-order valence-corrected chi connectivity index (χ3v) is 3.81.